The minimum atomic E-state index is 0. The lowest BCUT2D eigenvalue weighted by Crippen LogP contribution is -2.41. The molecule has 0 spiro atoms. The summed E-state index contributed by atoms with van der Waals surface area (Å²) in [4.78, 5) is 9.58. The Balaban J connectivity index is 0. The third kappa shape index (κ3) is 17.3. The molecule has 0 atom stereocenters. The Morgan fingerprint density at radius 3 is 2.19 bits per heavy atom. The molecule has 0 radical (unpaired) electrons. The number of methoxy groups -OCH3 is 1. The second kappa shape index (κ2) is 21.2. The molecule has 6 nitrogen and oxygen atoms in total. The van der Waals surface area contributed by atoms with Crippen molar-refractivity contribution in [1.82, 2.24) is 20.4 Å². The standard InChI is InChI=1S/C19H43N5O.HI/c1-6-13-24(14-7-2)16-9-11-21-19(20-8-3)22-12-17-23(4)15-10-18-25-5;/h6-18H2,1-5H3,(H2,20,21,22);1H. The van der Waals surface area contributed by atoms with Crippen LogP contribution in [0.3, 0.4) is 0 Å². The van der Waals surface area contributed by atoms with Gasteiger partial charge in [0.25, 0.3) is 0 Å². The number of hydrogen-bond acceptors (Lipinski definition) is 4. The van der Waals surface area contributed by atoms with Gasteiger partial charge in [0.1, 0.15) is 0 Å². The predicted octanol–water partition coefficient (Wildman–Crippen LogP) is 2.64. The van der Waals surface area contributed by atoms with Gasteiger partial charge in [-0.1, -0.05) is 13.8 Å². The number of halogens is 1. The van der Waals surface area contributed by atoms with E-state index in [-0.39, 0.29) is 24.0 Å². The number of ether oxygens (including phenoxy) is 1. The summed E-state index contributed by atoms with van der Waals surface area (Å²) in [5, 5.41) is 6.77. The van der Waals surface area contributed by atoms with Gasteiger partial charge in [-0.2, -0.15) is 0 Å². The first-order valence-electron chi connectivity index (χ1n) is 10.1. The van der Waals surface area contributed by atoms with Crippen LogP contribution in [0.15, 0.2) is 4.99 Å². The third-order valence-corrected chi connectivity index (χ3v) is 4.00. The number of nitrogens with zero attached hydrogens (tertiary/aromatic N) is 3. The highest BCUT2D eigenvalue weighted by molar-refractivity contribution is 14.0. The summed E-state index contributed by atoms with van der Waals surface area (Å²) in [6.45, 7) is 15.7. The number of likely N-dealkylation sites (N-methyl/N-ethyl adjacent to an activating group) is 1. The second-order valence-electron chi connectivity index (χ2n) is 6.53. The Hall–Kier alpha value is -0.120. The zero-order valence-electron chi connectivity index (χ0n) is 17.9. The average Bonchev–Trinajstić information content (AvgIpc) is 2.59. The van der Waals surface area contributed by atoms with Crippen molar-refractivity contribution >= 4 is 29.9 Å². The van der Waals surface area contributed by atoms with E-state index in [1.165, 1.54) is 25.9 Å². The number of guanidine groups is 1. The number of aliphatic imine (C=N–C) groups is 1. The molecule has 0 saturated heterocycles. The Labute approximate surface area is 179 Å². The van der Waals surface area contributed by atoms with Crippen molar-refractivity contribution in [1.29, 1.82) is 0 Å². The van der Waals surface area contributed by atoms with Crippen LogP contribution in [-0.4, -0.2) is 88.9 Å². The highest BCUT2D eigenvalue weighted by Crippen LogP contribution is 1.96. The highest BCUT2D eigenvalue weighted by Gasteiger charge is 2.03. The maximum atomic E-state index is 5.09. The monoisotopic (exact) mass is 485 g/mol. The quantitative estimate of drug-likeness (QED) is 0.152. The number of rotatable bonds is 16. The zero-order chi connectivity index (χ0) is 18.8. The molecule has 0 unspecified atom stereocenters. The predicted molar refractivity (Wildman–Crippen MR) is 125 cm³/mol. The van der Waals surface area contributed by atoms with Gasteiger partial charge in [0.15, 0.2) is 5.96 Å². The summed E-state index contributed by atoms with van der Waals surface area (Å²) >= 11 is 0. The molecule has 0 bridgehead atoms. The van der Waals surface area contributed by atoms with E-state index in [1.807, 2.05) is 0 Å². The molecule has 0 amide bonds. The fourth-order valence-corrected chi connectivity index (χ4v) is 2.75. The Kier molecular flexibility index (Phi) is 22.9. The molecule has 0 aliphatic heterocycles. The average molecular weight is 485 g/mol. The molecular weight excluding hydrogens is 441 g/mol. The summed E-state index contributed by atoms with van der Waals surface area (Å²) in [6, 6.07) is 0. The summed E-state index contributed by atoms with van der Waals surface area (Å²) < 4.78 is 5.09. The molecule has 0 saturated carbocycles. The van der Waals surface area contributed by atoms with Gasteiger partial charge in [-0.05, 0) is 59.3 Å². The minimum absolute atomic E-state index is 0. The second-order valence-corrected chi connectivity index (χ2v) is 6.53. The van der Waals surface area contributed by atoms with Crippen LogP contribution in [0, 0.1) is 0 Å². The smallest absolute Gasteiger partial charge is 0.191 e. The van der Waals surface area contributed by atoms with Crippen LogP contribution in [0.2, 0.25) is 0 Å². The normalized spacial score (nSPS) is 11.7. The van der Waals surface area contributed by atoms with Crippen molar-refractivity contribution in [3.8, 4) is 0 Å². The van der Waals surface area contributed by atoms with Crippen LogP contribution in [0.25, 0.3) is 0 Å². The topological polar surface area (TPSA) is 52.1 Å². The van der Waals surface area contributed by atoms with Gasteiger partial charge in [0, 0.05) is 46.4 Å². The zero-order valence-corrected chi connectivity index (χ0v) is 20.2. The van der Waals surface area contributed by atoms with Gasteiger partial charge >= 0.3 is 0 Å². The first kappa shape index (κ1) is 28.1. The van der Waals surface area contributed by atoms with Gasteiger partial charge in [-0.15, -0.1) is 24.0 Å². The van der Waals surface area contributed by atoms with E-state index < -0.39 is 0 Å². The van der Waals surface area contributed by atoms with Gasteiger partial charge in [0.2, 0.25) is 0 Å². The molecule has 0 heterocycles. The van der Waals surface area contributed by atoms with Crippen molar-refractivity contribution in [3.05, 3.63) is 0 Å². The summed E-state index contributed by atoms with van der Waals surface area (Å²) in [5.41, 5.74) is 0. The van der Waals surface area contributed by atoms with E-state index in [0.717, 1.165) is 64.7 Å². The van der Waals surface area contributed by atoms with E-state index in [1.54, 1.807) is 7.11 Å². The first-order valence-corrected chi connectivity index (χ1v) is 10.1. The van der Waals surface area contributed by atoms with Gasteiger partial charge in [0.05, 0.1) is 0 Å². The highest BCUT2D eigenvalue weighted by atomic mass is 127. The lowest BCUT2D eigenvalue weighted by molar-refractivity contribution is 0.180. The molecule has 0 aliphatic rings. The van der Waals surface area contributed by atoms with E-state index in [4.69, 9.17) is 9.73 Å². The van der Waals surface area contributed by atoms with Crippen LogP contribution in [0.5, 0.6) is 0 Å². The van der Waals surface area contributed by atoms with E-state index in [0.29, 0.717) is 0 Å². The summed E-state index contributed by atoms with van der Waals surface area (Å²) in [6.07, 6.45) is 4.65. The molecule has 0 rings (SSSR count). The summed E-state index contributed by atoms with van der Waals surface area (Å²) in [5.74, 6) is 0.935. The van der Waals surface area contributed by atoms with E-state index in [9.17, 15) is 0 Å². The van der Waals surface area contributed by atoms with Crippen LogP contribution in [-0.2, 0) is 4.74 Å². The number of hydrogen-bond donors (Lipinski definition) is 2. The Morgan fingerprint density at radius 2 is 1.62 bits per heavy atom. The van der Waals surface area contributed by atoms with Crippen LogP contribution < -0.4 is 10.6 Å². The SMILES string of the molecule is CCCN(CCC)CCCN=C(NCC)NCCN(C)CCCOC.I. The minimum Gasteiger partial charge on any atom is -0.385 e. The molecule has 0 aliphatic carbocycles. The molecule has 0 aromatic carbocycles. The number of nitrogens with one attached hydrogen (secondary N) is 2. The molecule has 158 valence electrons. The van der Waals surface area contributed by atoms with Crippen molar-refractivity contribution in [3.63, 3.8) is 0 Å². The van der Waals surface area contributed by atoms with E-state index in [2.05, 4.69) is 48.3 Å². The molecule has 26 heavy (non-hydrogen) atoms. The van der Waals surface area contributed by atoms with Crippen molar-refractivity contribution in [2.75, 3.05) is 73.1 Å². The third-order valence-electron chi connectivity index (χ3n) is 4.00. The maximum absolute atomic E-state index is 5.09. The lowest BCUT2D eigenvalue weighted by atomic mass is 10.3. The van der Waals surface area contributed by atoms with Crippen molar-refractivity contribution in [2.24, 2.45) is 4.99 Å². The van der Waals surface area contributed by atoms with Gasteiger partial charge in [-0.25, -0.2) is 0 Å². The molecule has 0 aromatic heterocycles. The molecule has 2 N–H and O–H groups in total. The first-order chi connectivity index (χ1) is 12.2. The fourth-order valence-electron chi connectivity index (χ4n) is 2.75. The van der Waals surface area contributed by atoms with E-state index >= 15 is 0 Å². The largest absolute Gasteiger partial charge is 0.385 e. The van der Waals surface area contributed by atoms with Gasteiger partial charge in [-0.3, -0.25) is 4.99 Å². The van der Waals surface area contributed by atoms with Crippen LogP contribution in [0.1, 0.15) is 46.5 Å². The lowest BCUT2D eigenvalue weighted by Gasteiger charge is -2.20. The maximum Gasteiger partial charge on any atom is 0.191 e. The molecule has 7 heteroatoms. The Morgan fingerprint density at radius 1 is 0.923 bits per heavy atom. The summed E-state index contributed by atoms with van der Waals surface area (Å²) in [7, 11) is 3.90. The molecule has 0 fully saturated rings. The van der Waals surface area contributed by atoms with Gasteiger partial charge < -0.3 is 25.2 Å². The fraction of sp³-hybridized carbons (Fsp3) is 0.947. The van der Waals surface area contributed by atoms with Crippen LogP contribution >= 0.6 is 24.0 Å². The Bertz CT molecular complexity index is 312. The van der Waals surface area contributed by atoms with Crippen LogP contribution in [0.4, 0.5) is 0 Å². The van der Waals surface area contributed by atoms with Crippen molar-refractivity contribution < 1.29 is 4.74 Å². The molecule has 0 aromatic rings. The molecular formula is C19H44IN5O. The van der Waals surface area contributed by atoms with Crippen molar-refractivity contribution in [2.45, 2.75) is 46.5 Å².